The van der Waals surface area contributed by atoms with Gasteiger partial charge in [-0.05, 0) is 6.07 Å². The van der Waals surface area contributed by atoms with E-state index in [1.807, 2.05) is 0 Å². The summed E-state index contributed by atoms with van der Waals surface area (Å²) in [7, 11) is 0. The van der Waals surface area contributed by atoms with E-state index in [4.69, 9.17) is 0 Å². The largest absolute Gasteiger partial charge is 0.386 e. The Labute approximate surface area is 124 Å². The van der Waals surface area contributed by atoms with Crippen molar-refractivity contribution in [3.63, 3.8) is 0 Å². The van der Waals surface area contributed by atoms with Crippen LogP contribution in [0.2, 0.25) is 0 Å². The highest BCUT2D eigenvalue weighted by Gasteiger charge is 2.24. The molecule has 0 bridgehead atoms. The molecule has 0 saturated carbocycles. The molecular formula is C16H6N2O5. The molecule has 2 N–H and O–H groups in total. The highest BCUT2D eigenvalue weighted by molar-refractivity contribution is 6.30. The summed E-state index contributed by atoms with van der Waals surface area (Å²) >= 11 is 0. The van der Waals surface area contributed by atoms with Crippen molar-refractivity contribution in [2.75, 3.05) is 0 Å². The van der Waals surface area contributed by atoms with Gasteiger partial charge in [-0.1, -0.05) is 18.2 Å². The molecule has 3 heterocycles. The fourth-order valence-corrected chi connectivity index (χ4v) is 3.37. The van der Waals surface area contributed by atoms with Crippen molar-refractivity contribution >= 4 is 43.4 Å². The minimum absolute atomic E-state index is 0.00444. The minimum Gasteiger partial charge on any atom is -0.386 e. The Bertz CT molecular complexity index is 1490. The lowest BCUT2D eigenvalue weighted by Gasteiger charge is -1.94. The Morgan fingerprint density at radius 3 is 2.13 bits per heavy atom. The van der Waals surface area contributed by atoms with Crippen LogP contribution in [0, 0.1) is 0 Å². The van der Waals surface area contributed by atoms with Gasteiger partial charge < -0.3 is 9.40 Å². The summed E-state index contributed by atoms with van der Waals surface area (Å²) < 4.78 is 4.66. The van der Waals surface area contributed by atoms with Crippen LogP contribution >= 0.6 is 0 Å². The third kappa shape index (κ3) is 1.25. The third-order valence-electron chi connectivity index (χ3n) is 4.23. The minimum atomic E-state index is -0.911. The molecule has 0 atom stereocenters. The van der Waals surface area contributed by atoms with E-state index in [0.29, 0.717) is 21.8 Å². The Hall–Kier alpha value is -3.48. The van der Waals surface area contributed by atoms with Crippen LogP contribution in [0.4, 0.5) is 0 Å². The monoisotopic (exact) mass is 306 g/mol. The van der Waals surface area contributed by atoms with Gasteiger partial charge in [-0.2, -0.15) is 0 Å². The number of fused-ring (bicyclic) bond motifs is 8. The van der Waals surface area contributed by atoms with Gasteiger partial charge in [0.15, 0.2) is 0 Å². The Morgan fingerprint density at radius 1 is 0.696 bits per heavy atom. The Kier molecular flexibility index (Phi) is 1.92. The van der Waals surface area contributed by atoms with Crippen molar-refractivity contribution in [1.29, 1.82) is 0 Å². The predicted octanol–water partition coefficient (Wildman–Crippen LogP) is 0.865. The van der Waals surface area contributed by atoms with Crippen molar-refractivity contribution < 1.29 is 4.42 Å². The van der Waals surface area contributed by atoms with E-state index in [-0.39, 0.29) is 21.5 Å². The van der Waals surface area contributed by atoms with E-state index >= 15 is 0 Å². The number of rotatable bonds is 0. The summed E-state index contributed by atoms with van der Waals surface area (Å²) in [5.74, 6) is 0. The van der Waals surface area contributed by atoms with Crippen LogP contribution in [0.3, 0.4) is 0 Å². The first-order valence-corrected chi connectivity index (χ1v) is 6.80. The molecule has 5 aromatic rings. The quantitative estimate of drug-likeness (QED) is 0.440. The standard InChI is InChI=1S/C16H6N2O5/c19-13-8-7-5-3-1-2-4-6(5)17-12(7)11-10(9(8)14(20)18-13)15(21)23-16(11)22/h1-4,17H,(H,18,19,20). The van der Waals surface area contributed by atoms with E-state index < -0.39 is 22.4 Å². The second-order valence-corrected chi connectivity index (χ2v) is 5.38. The molecule has 0 aliphatic rings. The summed E-state index contributed by atoms with van der Waals surface area (Å²) in [4.78, 5) is 53.7. The molecule has 0 aliphatic carbocycles. The van der Waals surface area contributed by atoms with E-state index in [2.05, 4.69) is 14.4 Å². The summed E-state index contributed by atoms with van der Waals surface area (Å²) in [5.41, 5.74) is -1.99. The molecule has 7 heteroatoms. The Morgan fingerprint density at radius 2 is 1.35 bits per heavy atom. The molecule has 110 valence electrons. The first-order valence-electron chi connectivity index (χ1n) is 6.80. The third-order valence-corrected chi connectivity index (χ3v) is 4.23. The number of para-hydroxylation sites is 1. The number of hydrogen-bond acceptors (Lipinski definition) is 5. The van der Waals surface area contributed by atoms with Crippen LogP contribution in [0.25, 0.3) is 43.4 Å². The highest BCUT2D eigenvalue weighted by Crippen LogP contribution is 2.34. The zero-order chi connectivity index (χ0) is 15.9. The van der Waals surface area contributed by atoms with Crippen LogP contribution in [-0.4, -0.2) is 9.97 Å². The fraction of sp³-hybridized carbons (Fsp3) is 0. The van der Waals surface area contributed by atoms with Crippen LogP contribution in [0.1, 0.15) is 0 Å². The van der Waals surface area contributed by atoms with Crippen molar-refractivity contribution in [3.8, 4) is 0 Å². The number of aromatic nitrogens is 2. The van der Waals surface area contributed by atoms with E-state index in [9.17, 15) is 19.2 Å². The average molecular weight is 306 g/mol. The van der Waals surface area contributed by atoms with Crippen LogP contribution in [0.5, 0.6) is 0 Å². The average Bonchev–Trinajstić information content (AvgIpc) is 3.12. The van der Waals surface area contributed by atoms with Gasteiger partial charge >= 0.3 is 11.3 Å². The molecule has 23 heavy (non-hydrogen) atoms. The number of hydrogen-bond donors (Lipinski definition) is 2. The first-order chi connectivity index (χ1) is 11.1. The first kappa shape index (κ1) is 12.1. The summed E-state index contributed by atoms with van der Waals surface area (Å²) in [6.45, 7) is 0. The van der Waals surface area contributed by atoms with Crippen molar-refractivity contribution in [2.24, 2.45) is 0 Å². The molecule has 7 nitrogen and oxygen atoms in total. The number of benzene rings is 2. The maximum Gasteiger partial charge on any atom is 0.349 e. The van der Waals surface area contributed by atoms with Gasteiger partial charge in [0, 0.05) is 16.3 Å². The Balaban J connectivity index is 2.41. The maximum absolute atomic E-state index is 12.2. The number of aromatic amines is 2. The van der Waals surface area contributed by atoms with Gasteiger partial charge in [0.25, 0.3) is 11.1 Å². The van der Waals surface area contributed by atoms with Crippen molar-refractivity contribution in [2.45, 2.75) is 0 Å². The van der Waals surface area contributed by atoms with Crippen LogP contribution in [-0.2, 0) is 0 Å². The van der Waals surface area contributed by atoms with Crippen molar-refractivity contribution in [3.05, 3.63) is 65.8 Å². The maximum atomic E-state index is 12.2. The van der Waals surface area contributed by atoms with Crippen LogP contribution in [0.15, 0.2) is 47.9 Å². The summed E-state index contributed by atoms with van der Waals surface area (Å²) in [5, 5.41) is 1.02. The number of nitrogens with one attached hydrogen (secondary N) is 2. The number of furan rings is 1. The van der Waals surface area contributed by atoms with Gasteiger partial charge in [0.2, 0.25) is 0 Å². The molecule has 0 radical (unpaired) electrons. The van der Waals surface area contributed by atoms with Gasteiger partial charge in [0.1, 0.15) is 0 Å². The van der Waals surface area contributed by atoms with E-state index in [1.165, 1.54) is 0 Å². The molecule has 2 aromatic carbocycles. The summed E-state index contributed by atoms with van der Waals surface area (Å²) in [6.07, 6.45) is 0. The normalized spacial score (nSPS) is 12.2. The topological polar surface area (TPSA) is 113 Å². The second kappa shape index (κ2) is 3.64. The number of H-pyrrole nitrogens is 2. The zero-order valence-electron chi connectivity index (χ0n) is 11.4. The zero-order valence-corrected chi connectivity index (χ0v) is 11.4. The summed E-state index contributed by atoms with van der Waals surface area (Å²) in [6, 6.07) is 7.14. The van der Waals surface area contributed by atoms with Crippen LogP contribution < -0.4 is 22.4 Å². The van der Waals surface area contributed by atoms with Gasteiger partial charge in [-0.25, -0.2) is 9.59 Å². The molecule has 0 unspecified atom stereocenters. The van der Waals surface area contributed by atoms with E-state index in [0.717, 1.165) is 0 Å². The molecular weight excluding hydrogens is 300 g/mol. The molecule has 0 amide bonds. The molecule has 0 spiro atoms. The lowest BCUT2D eigenvalue weighted by molar-refractivity contribution is 0.500. The molecule has 0 aliphatic heterocycles. The highest BCUT2D eigenvalue weighted by atomic mass is 16.4. The van der Waals surface area contributed by atoms with Gasteiger partial charge in [0.05, 0.1) is 27.1 Å². The van der Waals surface area contributed by atoms with Gasteiger partial charge in [-0.15, -0.1) is 0 Å². The second-order valence-electron chi connectivity index (χ2n) is 5.38. The smallest absolute Gasteiger partial charge is 0.349 e. The molecule has 0 saturated heterocycles. The van der Waals surface area contributed by atoms with Gasteiger partial charge in [-0.3, -0.25) is 14.6 Å². The molecule has 3 aromatic heterocycles. The van der Waals surface area contributed by atoms with E-state index in [1.54, 1.807) is 24.3 Å². The van der Waals surface area contributed by atoms with Crippen molar-refractivity contribution in [1.82, 2.24) is 9.97 Å². The lowest BCUT2D eigenvalue weighted by Crippen LogP contribution is -2.06. The molecule has 0 fully saturated rings. The SMILES string of the molecule is O=c1oc(=O)c2c1c1[nH]c3ccccc3c1c1c(=O)[nH]c(=O)c21. The predicted molar refractivity (Wildman–Crippen MR) is 84.9 cm³/mol. The molecule has 5 rings (SSSR count). The fourth-order valence-electron chi connectivity index (χ4n) is 3.37. The lowest BCUT2D eigenvalue weighted by atomic mass is 10.0.